The topological polar surface area (TPSA) is 133 Å². The minimum atomic E-state index is -0.276. The van der Waals surface area contributed by atoms with Gasteiger partial charge in [0.1, 0.15) is 5.71 Å². The van der Waals surface area contributed by atoms with Crippen molar-refractivity contribution in [3.63, 3.8) is 0 Å². The van der Waals surface area contributed by atoms with Crippen LogP contribution in [-0.2, 0) is 0 Å². The number of tetrazole rings is 1. The summed E-state index contributed by atoms with van der Waals surface area (Å²) in [5.41, 5.74) is 0.725. The van der Waals surface area contributed by atoms with Gasteiger partial charge in [-0.1, -0.05) is 0 Å². The number of aromatic hydroxyl groups is 2. The predicted octanol–water partition coefficient (Wildman–Crippen LogP) is -0.678. The van der Waals surface area contributed by atoms with Gasteiger partial charge in [0.2, 0.25) is 5.82 Å². The maximum Gasteiger partial charge on any atom is 0.225 e. The first-order valence-corrected chi connectivity index (χ1v) is 4.26. The standard InChI is InChI=1S/C8H8N6O2/c9-10-7(8-11-13-14-12-8)4-1-2-5(15)6(16)3-4/h1-3,15-16H,9H2,(H,11,12,13,14)/b10-7+. The Labute approximate surface area is 89.4 Å². The van der Waals surface area contributed by atoms with E-state index in [-0.39, 0.29) is 23.0 Å². The van der Waals surface area contributed by atoms with E-state index in [2.05, 4.69) is 25.7 Å². The fourth-order valence-electron chi connectivity index (χ4n) is 1.19. The van der Waals surface area contributed by atoms with Gasteiger partial charge in [-0.3, -0.25) is 0 Å². The van der Waals surface area contributed by atoms with E-state index in [0.29, 0.717) is 5.56 Å². The second-order valence-corrected chi connectivity index (χ2v) is 2.92. The van der Waals surface area contributed by atoms with Crippen LogP contribution in [-0.4, -0.2) is 36.5 Å². The Balaban J connectivity index is 2.47. The van der Waals surface area contributed by atoms with E-state index in [9.17, 15) is 5.11 Å². The second kappa shape index (κ2) is 3.85. The molecule has 0 bridgehead atoms. The highest BCUT2D eigenvalue weighted by Crippen LogP contribution is 2.25. The van der Waals surface area contributed by atoms with Gasteiger partial charge >= 0.3 is 0 Å². The summed E-state index contributed by atoms with van der Waals surface area (Å²) in [5.74, 6) is 4.90. The van der Waals surface area contributed by atoms with Crippen molar-refractivity contribution in [3.8, 4) is 11.5 Å². The highest BCUT2D eigenvalue weighted by molar-refractivity contribution is 6.10. The third-order valence-electron chi connectivity index (χ3n) is 1.94. The van der Waals surface area contributed by atoms with Crippen LogP contribution in [0.15, 0.2) is 23.3 Å². The molecule has 1 aromatic carbocycles. The number of phenolic OH excluding ortho intramolecular Hbond substituents is 2. The summed E-state index contributed by atoms with van der Waals surface area (Å²) < 4.78 is 0. The number of phenols is 2. The minimum absolute atomic E-state index is 0.201. The van der Waals surface area contributed by atoms with E-state index in [1.54, 1.807) is 0 Å². The Hall–Kier alpha value is -2.64. The number of benzene rings is 1. The van der Waals surface area contributed by atoms with Crippen LogP contribution in [0.2, 0.25) is 0 Å². The van der Waals surface area contributed by atoms with E-state index in [1.165, 1.54) is 18.2 Å². The number of H-pyrrole nitrogens is 1. The van der Waals surface area contributed by atoms with Gasteiger partial charge in [0.05, 0.1) is 0 Å². The lowest BCUT2D eigenvalue weighted by Crippen LogP contribution is -2.08. The smallest absolute Gasteiger partial charge is 0.225 e. The minimum Gasteiger partial charge on any atom is -0.504 e. The van der Waals surface area contributed by atoms with Crippen molar-refractivity contribution < 1.29 is 10.2 Å². The molecule has 1 aromatic heterocycles. The van der Waals surface area contributed by atoms with Gasteiger partial charge < -0.3 is 16.1 Å². The third-order valence-corrected chi connectivity index (χ3v) is 1.94. The number of nitrogens with two attached hydrogens (primary N) is 1. The van der Waals surface area contributed by atoms with Gasteiger partial charge in [-0.25, -0.2) is 0 Å². The highest BCUT2D eigenvalue weighted by atomic mass is 16.3. The SMILES string of the molecule is N/N=C(\c1ccc(O)c(O)c1)c1nn[nH]n1. The van der Waals surface area contributed by atoms with Crippen LogP contribution in [0.5, 0.6) is 11.5 Å². The van der Waals surface area contributed by atoms with Gasteiger partial charge in [0, 0.05) is 5.56 Å². The molecule has 8 nitrogen and oxygen atoms in total. The molecule has 82 valence electrons. The van der Waals surface area contributed by atoms with Crippen LogP contribution >= 0.6 is 0 Å². The molecular formula is C8H8N6O2. The molecular weight excluding hydrogens is 212 g/mol. The predicted molar refractivity (Wildman–Crippen MR) is 53.8 cm³/mol. The lowest BCUT2D eigenvalue weighted by Gasteiger charge is -2.02. The van der Waals surface area contributed by atoms with Crippen molar-refractivity contribution in [2.45, 2.75) is 0 Å². The van der Waals surface area contributed by atoms with Crippen LogP contribution in [0.25, 0.3) is 0 Å². The number of hydrogen-bond donors (Lipinski definition) is 4. The third kappa shape index (κ3) is 1.63. The molecule has 0 unspecified atom stereocenters. The van der Waals surface area contributed by atoms with E-state index in [4.69, 9.17) is 10.9 Å². The van der Waals surface area contributed by atoms with Gasteiger partial charge in [-0.05, 0) is 23.4 Å². The molecule has 0 saturated heterocycles. The largest absolute Gasteiger partial charge is 0.504 e. The first-order valence-electron chi connectivity index (χ1n) is 4.26. The molecule has 0 aliphatic heterocycles. The molecule has 0 radical (unpaired) electrons. The zero-order valence-corrected chi connectivity index (χ0v) is 7.99. The molecule has 0 saturated carbocycles. The number of aromatic amines is 1. The Morgan fingerprint density at radius 2 is 2.12 bits per heavy atom. The first-order chi connectivity index (χ1) is 7.72. The van der Waals surface area contributed by atoms with E-state index < -0.39 is 0 Å². The molecule has 0 atom stereocenters. The molecule has 1 heterocycles. The van der Waals surface area contributed by atoms with Crippen LogP contribution < -0.4 is 5.84 Å². The number of hydrazone groups is 1. The maximum atomic E-state index is 9.33. The molecule has 8 heteroatoms. The monoisotopic (exact) mass is 220 g/mol. The number of aromatic nitrogens is 4. The Kier molecular flexibility index (Phi) is 2.38. The van der Waals surface area contributed by atoms with Crippen LogP contribution in [0.1, 0.15) is 11.4 Å². The van der Waals surface area contributed by atoms with Crippen molar-refractivity contribution in [2.75, 3.05) is 0 Å². The van der Waals surface area contributed by atoms with Gasteiger partial charge in [-0.15, -0.1) is 10.2 Å². The normalized spacial score (nSPS) is 11.6. The second-order valence-electron chi connectivity index (χ2n) is 2.92. The first kappa shape index (κ1) is 9.90. The summed E-state index contributed by atoms with van der Waals surface area (Å²) in [5, 5.41) is 35.1. The van der Waals surface area contributed by atoms with E-state index >= 15 is 0 Å². The van der Waals surface area contributed by atoms with Gasteiger partial charge in [-0.2, -0.15) is 10.3 Å². The van der Waals surface area contributed by atoms with Crippen LogP contribution in [0, 0.1) is 0 Å². The summed E-state index contributed by atoms with van der Waals surface area (Å²) in [6, 6.07) is 4.14. The quantitative estimate of drug-likeness (QED) is 0.229. The summed E-state index contributed by atoms with van der Waals surface area (Å²) in [4.78, 5) is 0. The zero-order valence-electron chi connectivity index (χ0n) is 7.99. The average molecular weight is 220 g/mol. The maximum absolute atomic E-state index is 9.33. The fraction of sp³-hybridized carbons (Fsp3) is 0. The van der Waals surface area contributed by atoms with Crippen molar-refractivity contribution in [2.24, 2.45) is 10.9 Å². The van der Waals surface area contributed by atoms with Crippen molar-refractivity contribution in [3.05, 3.63) is 29.6 Å². The fourth-order valence-corrected chi connectivity index (χ4v) is 1.19. The highest BCUT2D eigenvalue weighted by Gasteiger charge is 2.13. The molecule has 2 rings (SSSR count). The Morgan fingerprint density at radius 3 is 2.69 bits per heavy atom. The van der Waals surface area contributed by atoms with Crippen LogP contribution in [0.3, 0.4) is 0 Å². The van der Waals surface area contributed by atoms with E-state index in [1.807, 2.05) is 0 Å². The van der Waals surface area contributed by atoms with Crippen molar-refractivity contribution in [1.29, 1.82) is 0 Å². The molecule has 0 amide bonds. The number of nitrogens with one attached hydrogen (secondary N) is 1. The molecule has 0 fully saturated rings. The van der Waals surface area contributed by atoms with Crippen LogP contribution in [0.4, 0.5) is 0 Å². The van der Waals surface area contributed by atoms with Gasteiger partial charge in [0.25, 0.3) is 0 Å². The molecule has 0 spiro atoms. The lowest BCUT2D eigenvalue weighted by molar-refractivity contribution is 0.403. The summed E-state index contributed by atoms with van der Waals surface area (Å²) in [6.07, 6.45) is 0. The molecule has 5 N–H and O–H groups in total. The molecule has 2 aromatic rings. The van der Waals surface area contributed by atoms with Crippen molar-refractivity contribution >= 4 is 5.71 Å². The summed E-state index contributed by atoms with van der Waals surface area (Å²) in [6.45, 7) is 0. The Morgan fingerprint density at radius 1 is 1.31 bits per heavy atom. The number of nitrogens with zero attached hydrogens (tertiary/aromatic N) is 4. The summed E-state index contributed by atoms with van der Waals surface area (Å²) >= 11 is 0. The van der Waals surface area contributed by atoms with Crippen molar-refractivity contribution in [1.82, 2.24) is 20.6 Å². The molecule has 16 heavy (non-hydrogen) atoms. The number of rotatable bonds is 2. The van der Waals surface area contributed by atoms with E-state index in [0.717, 1.165) is 0 Å². The number of hydrogen-bond acceptors (Lipinski definition) is 7. The zero-order chi connectivity index (χ0) is 11.5. The Bertz CT molecular complexity index is 521. The van der Waals surface area contributed by atoms with Gasteiger partial charge in [0.15, 0.2) is 11.5 Å². The summed E-state index contributed by atoms with van der Waals surface area (Å²) in [7, 11) is 0. The molecule has 0 aliphatic carbocycles. The average Bonchev–Trinajstić information content (AvgIpc) is 2.78. The molecule has 0 aliphatic rings. The lowest BCUT2D eigenvalue weighted by atomic mass is 10.1.